The molecule has 170 valence electrons. The SMILES string of the molecule is CC(C)(C)OC(=O)OC1=CCC(C(C)(C)c2ccc(OC(=O)OC(C)(C)C)cc2)C=C1. The number of carbonyl (C=O) groups is 2. The van der Waals surface area contributed by atoms with E-state index >= 15 is 0 Å². The van der Waals surface area contributed by atoms with Crippen molar-refractivity contribution in [2.75, 3.05) is 0 Å². The minimum atomic E-state index is -0.725. The van der Waals surface area contributed by atoms with E-state index in [1.165, 1.54) is 0 Å². The summed E-state index contributed by atoms with van der Waals surface area (Å²) in [6.45, 7) is 15.0. The number of benzene rings is 1. The van der Waals surface area contributed by atoms with Gasteiger partial charge in [-0.15, -0.1) is 0 Å². The Labute approximate surface area is 185 Å². The summed E-state index contributed by atoms with van der Waals surface area (Å²) in [5, 5.41) is 0. The molecule has 0 spiro atoms. The highest BCUT2D eigenvalue weighted by atomic mass is 16.7. The van der Waals surface area contributed by atoms with Crippen LogP contribution in [0.15, 0.2) is 48.3 Å². The van der Waals surface area contributed by atoms with Crippen LogP contribution >= 0.6 is 0 Å². The molecule has 1 aromatic carbocycles. The van der Waals surface area contributed by atoms with Crippen LogP contribution in [0.25, 0.3) is 0 Å². The zero-order valence-electron chi connectivity index (χ0n) is 19.8. The van der Waals surface area contributed by atoms with E-state index in [0.717, 1.165) is 12.0 Å². The summed E-state index contributed by atoms with van der Waals surface area (Å²) in [6, 6.07) is 7.43. The second kappa shape index (κ2) is 9.16. The van der Waals surface area contributed by atoms with Gasteiger partial charge in [0.2, 0.25) is 0 Å². The van der Waals surface area contributed by atoms with Gasteiger partial charge in [0.1, 0.15) is 22.7 Å². The molecule has 0 amide bonds. The highest BCUT2D eigenvalue weighted by Crippen LogP contribution is 2.38. The minimum Gasteiger partial charge on any atom is -0.428 e. The zero-order valence-corrected chi connectivity index (χ0v) is 19.8. The lowest BCUT2D eigenvalue weighted by atomic mass is 9.71. The van der Waals surface area contributed by atoms with Crippen molar-refractivity contribution in [3.8, 4) is 5.75 Å². The lowest BCUT2D eigenvalue weighted by Crippen LogP contribution is -2.29. The maximum absolute atomic E-state index is 11.8. The Balaban J connectivity index is 1.98. The van der Waals surface area contributed by atoms with E-state index in [-0.39, 0.29) is 11.3 Å². The van der Waals surface area contributed by atoms with Crippen LogP contribution in [0.5, 0.6) is 5.75 Å². The third-order valence-corrected chi connectivity index (χ3v) is 4.77. The van der Waals surface area contributed by atoms with E-state index in [0.29, 0.717) is 11.5 Å². The Morgan fingerprint density at radius 1 is 0.806 bits per heavy atom. The van der Waals surface area contributed by atoms with Crippen LogP contribution in [-0.4, -0.2) is 23.5 Å². The molecule has 1 unspecified atom stereocenters. The minimum absolute atomic E-state index is 0.186. The topological polar surface area (TPSA) is 71.1 Å². The van der Waals surface area contributed by atoms with Gasteiger partial charge in [-0.1, -0.05) is 32.1 Å². The van der Waals surface area contributed by atoms with Gasteiger partial charge in [0.25, 0.3) is 0 Å². The van der Waals surface area contributed by atoms with Gasteiger partial charge in [-0.3, -0.25) is 0 Å². The molecule has 0 radical (unpaired) electrons. The first-order valence-corrected chi connectivity index (χ1v) is 10.5. The Kier molecular flexibility index (Phi) is 7.25. The maximum Gasteiger partial charge on any atom is 0.514 e. The van der Waals surface area contributed by atoms with Crippen molar-refractivity contribution in [2.24, 2.45) is 5.92 Å². The summed E-state index contributed by atoms with van der Waals surface area (Å²) in [5.74, 6) is 1.12. The summed E-state index contributed by atoms with van der Waals surface area (Å²) < 4.78 is 20.9. The average molecular weight is 431 g/mol. The van der Waals surface area contributed by atoms with E-state index in [9.17, 15) is 9.59 Å². The number of ether oxygens (including phenoxy) is 4. The number of hydrogen-bond donors (Lipinski definition) is 0. The first-order valence-electron chi connectivity index (χ1n) is 10.5. The summed E-state index contributed by atoms with van der Waals surface area (Å²) in [4.78, 5) is 23.7. The molecule has 6 nitrogen and oxygen atoms in total. The van der Waals surface area contributed by atoms with Crippen molar-refractivity contribution >= 4 is 12.3 Å². The molecule has 0 bridgehead atoms. The molecule has 1 atom stereocenters. The highest BCUT2D eigenvalue weighted by molar-refractivity contribution is 5.64. The molecule has 1 aliphatic rings. The van der Waals surface area contributed by atoms with Crippen molar-refractivity contribution in [3.63, 3.8) is 0 Å². The fraction of sp³-hybridized carbons (Fsp3) is 0.520. The van der Waals surface area contributed by atoms with E-state index in [1.54, 1.807) is 59.8 Å². The van der Waals surface area contributed by atoms with Gasteiger partial charge in [-0.25, -0.2) is 9.59 Å². The zero-order chi connectivity index (χ0) is 23.4. The second-order valence-electron chi connectivity index (χ2n) is 10.2. The number of carbonyl (C=O) groups excluding carboxylic acids is 2. The van der Waals surface area contributed by atoms with Crippen molar-refractivity contribution in [3.05, 3.63) is 53.8 Å². The molecule has 1 aromatic rings. The van der Waals surface area contributed by atoms with Gasteiger partial charge >= 0.3 is 12.3 Å². The molecule has 0 heterocycles. The van der Waals surface area contributed by atoms with E-state index in [1.807, 2.05) is 24.3 Å². The maximum atomic E-state index is 11.8. The van der Waals surface area contributed by atoms with Gasteiger partial charge < -0.3 is 18.9 Å². The van der Waals surface area contributed by atoms with Crippen LogP contribution < -0.4 is 4.74 Å². The third-order valence-electron chi connectivity index (χ3n) is 4.77. The molecule has 0 saturated carbocycles. The largest absolute Gasteiger partial charge is 0.514 e. The number of allylic oxidation sites excluding steroid dienone is 3. The van der Waals surface area contributed by atoms with Crippen molar-refractivity contribution in [1.29, 1.82) is 0 Å². The summed E-state index contributed by atoms with van der Waals surface area (Å²) in [7, 11) is 0. The molecule has 0 N–H and O–H groups in total. The van der Waals surface area contributed by atoms with Gasteiger partial charge in [-0.05, 0) is 89.1 Å². The molecular formula is C25H34O6. The summed E-state index contributed by atoms with van der Waals surface area (Å²) in [5.41, 5.74) is -0.288. The van der Waals surface area contributed by atoms with Gasteiger partial charge in [0.15, 0.2) is 0 Å². The average Bonchev–Trinajstić information content (AvgIpc) is 2.59. The predicted molar refractivity (Wildman–Crippen MR) is 119 cm³/mol. The highest BCUT2D eigenvalue weighted by Gasteiger charge is 2.31. The normalized spacial score (nSPS) is 16.9. The molecule has 0 aliphatic heterocycles. The van der Waals surface area contributed by atoms with E-state index in [4.69, 9.17) is 18.9 Å². The Bertz CT molecular complexity index is 847. The second-order valence-corrected chi connectivity index (χ2v) is 10.2. The van der Waals surface area contributed by atoms with Crippen LogP contribution in [0.2, 0.25) is 0 Å². The Morgan fingerprint density at radius 3 is 1.77 bits per heavy atom. The fourth-order valence-corrected chi connectivity index (χ4v) is 3.11. The molecule has 6 heteroatoms. The van der Waals surface area contributed by atoms with Gasteiger partial charge in [-0.2, -0.15) is 0 Å². The number of hydrogen-bond acceptors (Lipinski definition) is 6. The lowest BCUT2D eigenvalue weighted by molar-refractivity contribution is 0.00745. The quantitative estimate of drug-likeness (QED) is 0.391. The molecule has 2 rings (SSSR count). The van der Waals surface area contributed by atoms with Gasteiger partial charge in [0.05, 0.1) is 0 Å². The molecule has 31 heavy (non-hydrogen) atoms. The van der Waals surface area contributed by atoms with Crippen molar-refractivity contribution in [1.82, 2.24) is 0 Å². The fourth-order valence-electron chi connectivity index (χ4n) is 3.11. The van der Waals surface area contributed by atoms with Crippen molar-refractivity contribution in [2.45, 2.75) is 78.4 Å². The summed E-state index contributed by atoms with van der Waals surface area (Å²) >= 11 is 0. The van der Waals surface area contributed by atoms with Crippen LogP contribution in [0.4, 0.5) is 9.59 Å². The monoisotopic (exact) mass is 430 g/mol. The lowest BCUT2D eigenvalue weighted by Gasteiger charge is -2.34. The molecule has 0 saturated heterocycles. The van der Waals surface area contributed by atoms with E-state index < -0.39 is 23.5 Å². The Morgan fingerprint density at radius 2 is 1.32 bits per heavy atom. The number of rotatable bonds is 4. The van der Waals surface area contributed by atoms with Crippen LogP contribution in [0.1, 0.15) is 67.4 Å². The smallest absolute Gasteiger partial charge is 0.428 e. The first kappa shape index (κ1) is 24.5. The van der Waals surface area contributed by atoms with Crippen LogP contribution in [0.3, 0.4) is 0 Å². The van der Waals surface area contributed by atoms with Crippen molar-refractivity contribution < 1.29 is 28.5 Å². The summed E-state index contributed by atoms with van der Waals surface area (Å²) in [6.07, 6.45) is 5.04. The first-order chi connectivity index (χ1) is 14.2. The molecular weight excluding hydrogens is 396 g/mol. The third kappa shape index (κ3) is 7.78. The predicted octanol–water partition coefficient (Wildman–Crippen LogP) is 6.69. The van der Waals surface area contributed by atoms with Crippen LogP contribution in [0, 0.1) is 5.92 Å². The molecule has 0 fully saturated rings. The molecule has 0 aromatic heterocycles. The molecule has 1 aliphatic carbocycles. The standard InChI is InChI=1S/C25H34O6/c1-23(2,3)30-21(26)28-19-13-9-17(10-14-19)25(7,8)18-11-15-20(16-12-18)29-22(27)31-24(4,5)6/h9-11,13-16,18H,12H2,1-8H3. The Hall–Kier alpha value is -2.76. The van der Waals surface area contributed by atoms with Crippen LogP contribution in [-0.2, 0) is 19.6 Å². The van der Waals surface area contributed by atoms with Gasteiger partial charge in [0, 0.05) is 0 Å². The van der Waals surface area contributed by atoms with E-state index in [2.05, 4.69) is 13.8 Å².